The van der Waals surface area contributed by atoms with E-state index in [2.05, 4.69) is 41.4 Å². The van der Waals surface area contributed by atoms with E-state index in [1.807, 2.05) is 25.1 Å². The average Bonchev–Trinajstić information content (AvgIpc) is 2.90. The van der Waals surface area contributed by atoms with E-state index in [1.54, 1.807) is 0 Å². The second kappa shape index (κ2) is 5.20. The molecule has 0 spiro atoms. The van der Waals surface area contributed by atoms with Crippen LogP contribution in [0.15, 0.2) is 30.3 Å². The van der Waals surface area contributed by atoms with E-state index in [-0.39, 0.29) is 0 Å². The Balaban J connectivity index is 2.21. The standard InChI is InChI=1S/C17H19N3O/c1-10(2)7-12-8-11(3)17(21)14(9-12)13-5-4-6-15-16(13)19-20-18-15/h4-6,8-10,21H,7H2,1-3H3,(H,18,19,20). The van der Waals surface area contributed by atoms with Gasteiger partial charge in [-0.1, -0.05) is 32.0 Å². The zero-order chi connectivity index (χ0) is 15.0. The molecule has 0 aliphatic heterocycles. The summed E-state index contributed by atoms with van der Waals surface area (Å²) in [5.41, 5.74) is 5.45. The first kappa shape index (κ1) is 13.6. The Morgan fingerprint density at radius 1 is 1.14 bits per heavy atom. The second-order valence-corrected chi connectivity index (χ2v) is 5.90. The maximum Gasteiger partial charge on any atom is 0.126 e. The van der Waals surface area contributed by atoms with E-state index in [9.17, 15) is 5.11 Å². The van der Waals surface area contributed by atoms with Crippen LogP contribution >= 0.6 is 0 Å². The van der Waals surface area contributed by atoms with Crippen LogP contribution in [0.25, 0.3) is 22.2 Å². The van der Waals surface area contributed by atoms with Gasteiger partial charge in [-0.05, 0) is 42.5 Å². The number of nitrogens with one attached hydrogen (secondary N) is 1. The number of H-pyrrole nitrogens is 1. The van der Waals surface area contributed by atoms with Crippen molar-refractivity contribution in [2.75, 3.05) is 0 Å². The largest absolute Gasteiger partial charge is 0.507 e. The van der Waals surface area contributed by atoms with E-state index in [4.69, 9.17) is 0 Å². The predicted molar refractivity (Wildman–Crippen MR) is 84.3 cm³/mol. The fourth-order valence-corrected chi connectivity index (χ4v) is 2.73. The number of phenolic OH excluding ortho intramolecular Hbond substituents is 1. The molecule has 0 amide bonds. The second-order valence-electron chi connectivity index (χ2n) is 5.90. The van der Waals surface area contributed by atoms with E-state index >= 15 is 0 Å². The number of aromatic nitrogens is 3. The van der Waals surface area contributed by atoms with Crippen LogP contribution in [-0.4, -0.2) is 20.5 Å². The van der Waals surface area contributed by atoms with Gasteiger partial charge >= 0.3 is 0 Å². The maximum absolute atomic E-state index is 10.4. The van der Waals surface area contributed by atoms with Gasteiger partial charge in [-0.15, -0.1) is 0 Å². The Labute approximate surface area is 123 Å². The first-order chi connectivity index (χ1) is 10.1. The molecule has 4 heteroatoms. The summed E-state index contributed by atoms with van der Waals surface area (Å²) in [6.07, 6.45) is 0.989. The Kier molecular flexibility index (Phi) is 3.37. The van der Waals surface area contributed by atoms with Gasteiger partial charge in [0.2, 0.25) is 0 Å². The summed E-state index contributed by atoms with van der Waals surface area (Å²) >= 11 is 0. The number of benzene rings is 2. The van der Waals surface area contributed by atoms with Gasteiger partial charge < -0.3 is 5.11 Å². The summed E-state index contributed by atoms with van der Waals surface area (Å²) in [6, 6.07) is 9.93. The molecule has 4 nitrogen and oxygen atoms in total. The smallest absolute Gasteiger partial charge is 0.126 e. The van der Waals surface area contributed by atoms with Crippen molar-refractivity contribution in [1.29, 1.82) is 0 Å². The first-order valence-electron chi connectivity index (χ1n) is 7.18. The van der Waals surface area contributed by atoms with E-state index < -0.39 is 0 Å². The molecule has 3 rings (SSSR count). The quantitative estimate of drug-likeness (QED) is 0.766. The summed E-state index contributed by atoms with van der Waals surface area (Å²) in [5, 5.41) is 21.4. The van der Waals surface area contributed by atoms with Crippen LogP contribution in [-0.2, 0) is 6.42 Å². The monoisotopic (exact) mass is 281 g/mol. The van der Waals surface area contributed by atoms with Gasteiger partial charge in [0.1, 0.15) is 16.8 Å². The minimum atomic E-state index is 0.318. The number of fused-ring (bicyclic) bond motifs is 1. The molecule has 3 aromatic rings. The van der Waals surface area contributed by atoms with Gasteiger partial charge in [0, 0.05) is 11.1 Å². The molecule has 0 unspecified atom stereocenters. The molecular formula is C17H19N3O. The molecule has 1 aromatic heterocycles. The summed E-state index contributed by atoms with van der Waals surface area (Å²) < 4.78 is 0. The minimum Gasteiger partial charge on any atom is -0.507 e. The molecule has 0 aliphatic carbocycles. The molecular weight excluding hydrogens is 262 g/mol. The molecule has 108 valence electrons. The lowest BCUT2D eigenvalue weighted by Gasteiger charge is -2.13. The zero-order valence-corrected chi connectivity index (χ0v) is 12.5. The Bertz CT molecular complexity index is 790. The number of nitrogens with zero attached hydrogens (tertiary/aromatic N) is 2. The maximum atomic E-state index is 10.4. The van der Waals surface area contributed by atoms with Crippen LogP contribution in [0, 0.1) is 12.8 Å². The third kappa shape index (κ3) is 2.49. The molecule has 0 saturated carbocycles. The highest BCUT2D eigenvalue weighted by Gasteiger charge is 2.14. The van der Waals surface area contributed by atoms with Crippen molar-refractivity contribution in [1.82, 2.24) is 15.4 Å². The van der Waals surface area contributed by atoms with E-state index in [0.29, 0.717) is 11.7 Å². The van der Waals surface area contributed by atoms with Crippen LogP contribution in [0.1, 0.15) is 25.0 Å². The van der Waals surface area contributed by atoms with Gasteiger partial charge in [-0.2, -0.15) is 15.4 Å². The van der Waals surface area contributed by atoms with Crippen LogP contribution in [0.4, 0.5) is 0 Å². The highest BCUT2D eigenvalue weighted by Crippen LogP contribution is 2.36. The fraction of sp³-hybridized carbons (Fsp3) is 0.294. The number of aromatic amines is 1. The van der Waals surface area contributed by atoms with Gasteiger partial charge in [-0.3, -0.25) is 0 Å². The molecule has 0 aliphatic rings. The van der Waals surface area contributed by atoms with Crippen LogP contribution < -0.4 is 0 Å². The van der Waals surface area contributed by atoms with Gasteiger partial charge in [-0.25, -0.2) is 0 Å². The lowest BCUT2D eigenvalue weighted by molar-refractivity contribution is 0.472. The van der Waals surface area contributed by atoms with Crippen molar-refractivity contribution >= 4 is 11.0 Å². The number of aromatic hydroxyl groups is 1. The first-order valence-corrected chi connectivity index (χ1v) is 7.18. The average molecular weight is 281 g/mol. The Hall–Kier alpha value is -2.36. The van der Waals surface area contributed by atoms with Crippen molar-refractivity contribution in [3.63, 3.8) is 0 Å². The molecule has 21 heavy (non-hydrogen) atoms. The summed E-state index contributed by atoms with van der Waals surface area (Å²) in [4.78, 5) is 0. The minimum absolute atomic E-state index is 0.318. The topological polar surface area (TPSA) is 61.8 Å². The number of aryl methyl sites for hydroxylation is 1. The fourth-order valence-electron chi connectivity index (χ4n) is 2.73. The third-order valence-electron chi connectivity index (χ3n) is 3.64. The summed E-state index contributed by atoms with van der Waals surface area (Å²) in [6.45, 7) is 6.33. The van der Waals surface area contributed by atoms with Crippen molar-refractivity contribution in [2.24, 2.45) is 5.92 Å². The molecule has 0 atom stereocenters. The van der Waals surface area contributed by atoms with Crippen LogP contribution in [0.2, 0.25) is 0 Å². The Morgan fingerprint density at radius 2 is 1.95 bits per heavy atom. The highest BCUT2D eigenvalue weighted by molar-refractivity contribution is 5.93. The summed E-state index contributed by atoms with van der Waals surface area (Å²) in [5.74, 6) is 0.891. The van der Waals surface area contributed by atoms with Crippen LogP contribution in [0.3, 0.4) is 0 Å². The zero-order valence-electron chi connectivity index (χ0n) is 12.5. The summed E-state index contributed by atoms with van der Waals surface area (Å²) in [7, 11) is 0. The normalized spacial score (nSPS) is 11.4. The van der Waals surface area contributed by atoms with Crippen molar-refractivity contribution in [3.8, 4) is 16.9 Å². The number of rotatable bonds is 3. The number of para-hydroxylation sites is 1. The van der Waals surface area contributed by atoms with Gasteiger partial charge in [0.05, 0.1) is 0 Å². The van der Waals surface area contributed by atoms with Crippen LogP contribution in [0.5, 0.6) is 5.75 Å². The number of hydrogen-bond acceptors (Lipinski definition) is 3. The van der Waals surface area contributed by atoms with Gasteiger partial charge in [0.25, 0.3) is 0 Å². The van der Waals surface area contributed by atoms with E-state index in [0.717, 1.165) is 34.1 Å². The lowest BCUT2D eigenvalue weighted by atomic mass is 9.94. The predicted octanol–water partition coefficient (Wildman–Crippen LogP) is 3.84. The van der Waals surface area contributed by atoms with Crippen molar-refractivity contribution in [2.45, 2.75) is 27.2 Å². The van der Waals surface area contributed by atoms with E-state index in [1.165, 1.54) is 5.56 Å². The third-order valence-corrected chi connectivity index (χ3v) is 3.64. The molecule has 1 heterocycles. The van der Waals surface area contributed by atoms with Crippen molar-refractivity contribution in [3.05, 3.63) is 41.5 Å². The molecule has 0 saturated heterocycles. The SMILES string of the molecule is Cc1cc(CC(C)C)cc(-c2cccc3n[nH]nc23)c1O. The molecule has 0 fully saturated rings. The highest BCUT2D eigenvalue weighted by atomic mass is 16.3. The number of hydrogen-bond donors (Lipinski definition) is 2. The number of phenols is 1. The molecule has 2 aromatic carbocycles. The lowest BCUT2D eigenvalue weighted by Crippen LogP contribution is -1.96. The molecule has 0 bridgehead atoms. The van der Waals surface area contributed by atoms with Gasteiger partial charge in [0.15, 0.2) is 0 Å². The molecule has 2 N–H and O–H groups in total. The Morgan fingerprint density at radius 3 is 2.71 bits per heavy atom. The van der Waals surface area contributed by atoms with Crippen molar-refractivity contribution < 1.29 is 5.11 Å². The molecule has 0 radical (unpaired) electrons.